The van der Waals surface area contributed by atoms with Crippen molar-refractivity contribution in [3.05, 3.63) is 41.3 Å². The Balaban J connectivity index is 2.08. The predicted molar refractivity (Wildman–Crippen MR) is 72.6 cm³/mol. The molecule has 0 aliphatic heterocycles. The second-order valence-electron chi connectivity index (χ2n) is 4.09. The van der Waals surface area contributed by atoms with E-state index in [0.717, 1.165) is 22.9 Å². The minimum atomic E-state index is 0.620. The Morgan fingerprint density at radius 3 is 2.61 bits per heavy atom. The van der Waals surface area contributed by atoms with Gasteiger partial charge in [-0.15, -0.1) is 0 Å². The fourth-order valence-corrected chi connectivity index (χ4v) is 1.65. The van der Waals surface area contributed by atoms with Gasteiger partial charge in [0.25, 0.3) is 0 Å². The van der Waals surface area contributed by atoms with E-state index in [1.165, 1.54) is 0 Å². The third-order valence-electron chi connectivity index (χ3n) is 2.47. The Morgan fingerprint density at radius 2 is 1.89 bits per heavy atom. The molecule has 2 N–H and O–H groups in total. The van der Waals surface area contributed by atoms with Crippen LogP contribution >= 0.6 is 0 Å². The lowest BCUT2D eigenvalue weighted by Gasteiger charge is -2.08. The van der Waals surface area contributed by atoms with E-state index in [4.69, 9.17) is 0 Å². The molecular weight excluding hydrogens is 226 g/mol. The molecule has 0 aromatic carbocycles. The Kier molecular flexibility index (Phi) is 3.72. The Morgan fingerprint density at radius 1 is 1.06 bits per heavy atom. The van der Waals surface area contributed by atoms with Crippen molar-refractivity contribution in [3.63, 3.8) is 0 Å². The van der Waals surface area contributed by atoms with Gasteiger partial charge in [-0.25, -0.2) is 4.98 Å². The largest absolute Gasteiger partial charge is 0.364 e. The first-order valence-corrected chi connectivity index (χ1v) is 5.87. The summed E-state index contributed by atoms with van der Waals surface area (Å²) in [6, 6.07) is 7.89. The van der Waals surface area contributed by atoms with Gasteiger partial charge in [-0.05, 0) is 26.0 Å². The van der Waals surface area contributed by atoms with Crippen molar-refractivity contribution in [3.8, 4) is 0 Å². The molecule has 0 aliphatic carbocycles. The number of anilines is 2. The molecule has 0 bridgehead atoms. The van der Waals surface area contributed by atoms with Crippen LogP contribution in [0.3, 0.4) is 0 Å². The highest BCUT2D eigenvalue weighted by Crippen LogP contribution is 2.10. The third kappa shape index (κ3) is 3.16. The van der Waals surface area contributed by atoms with Crippen LogP contribution in [0.25, 0.3) is 0 Å². The molecule has 0 atom stereocenters. The summed E-state index contributed by atoms with van der Waals surface area (Å²) in [6.45, 7) is 4.58. The van der Waals surface area contributed by atoms with Crippen molar-refractivity contribution >= 4 is 11.8 Å². The number of rotatable bonds is 4. The van der Waals surface area contributed by atoms with Crippen molar-refractivity contribution in [1.29, 1.82) is 0 Å². The molecule has 5 heteroatoms. The molecule has 2 rings (SSSR count). The normalized spacial score (nSPS) is 10.2. The van der Waals surface area contributed by atoms with Gasteiger partial charge in [0.15, 0.2) is 0 Å². The van der Waals surface area contributed by atoms with E-state index >= 15 is 0 Å². The van der Waals surface area contributed by atoms with Crippen LogP contribution in [0, 0.1) is 13.8 Å². The molecule has 0 amide bonds. The van der Waals surface area contributed by atoms with Gasteiger partial charge in [-0.3, -0.25) is 4.98 Å². The van der Waals surface area contributed by atoms with Crippen molar-refractivity contribution in [2.75, 3.05) is 17.7 Å². The lowest BCUT2D eigenvalue weighted by Crippen LogP contribution is -2.06. The molecule has 5 nitrogen and oxygen atoms in total. The summed E-state index contributed by atoms with van der Waals surface area (Å²) in [6.07, 6.45) is 0. The first-order chi connectivity index (χ1) is 8.67. The molecule has 0 spiro atoms. The van der Waals surface area contributed by atoms with Gasteiger partial charge >= 0.3 is 0 Å². The molecule has 0 saturated heterocycles. The maximum atomic E-state index is 4.43. The average Bonchev–Trinajstić information content (AvgIpc) is 2.36. The summed E-state index contributed by atoms with van der Waals surface area (Å²) >= 11 is 0. The lowest BCUT2D eigenvalue weighted by molar-refractivity contribution is 0.992. The van der Waals surface area contributed by atoms with Crippen LogP contribution in [0.5, 0.6) is 0 Å². The molecule has 18 heavy (non-hydrogen) atoms. The quantitative estimate of drug-likeness (QED) is 0.861. The van der Waals surface area contributed by atoms with E-state index in [0.29, 0.717) is 12.5 Å². The number of nitrogens with one attached hydrogen (secondary N) is 2. The maximum Gasteiger partial charge on any atom is 0.224 e. The van der Waals surface area contributed by atoms with Crippen LogP contribution in [0.15, 0.2) is 24.3 Å². The standard InChI is InChI=1S/C13H17N5/c1-9-5-4-6-11(16-9)8-15-12-7-10(2)17-13(14-3)18-12/h4-7H,8H2,1-3H3,(H2,14,15,17,18). The number of aromatic nitrogens is 3. The van der Waals surface area contributed by atoms with Crippen molar-refractivity contribution in [2.45, 2.75) is 20.4 Å². The summed E-state index contributed by atoms with van der Waals surface area (Å²) in [5, 5.41) is 6.19. The van der Waals surface area contributed by atoms with Crippen LogP contribution in [0.2, 0.25) is 0 Å². The zero-order valence-corrected chi connectivity index (χ0v) is 10.9. The summed E-state index contributed by atoms with van der Waals surface area (Å²) < 4.78 is 0. The molecule has 0 saturated carbocycles. The second kappa shape index (κ2) is 5.44. The van der Waals surface area contributed by atoms with Crippen LogP contribution < -0.4 is 10.6 Å². The Labute approximate surface area is 107 Å². The Bertz CT molecular complexity index is 539. The number of aryl methyl sites for hydroxylation is 2. The molecule has 0 fully saturated rings. The highest BCUT2D eigenvalue weighted by atomic mass is 15.1. The molecular formula is C13H17N5. The van der Waals surface area contributed by atoms with Gasteiger partial charge in [-0.1, -0.05) is 6.07 Å². The number of pyridine rings is 1. The summed E-state index contributed by atoms with van der Waals surface area (Å²) in [4.78, 5) is 13.0. The molecule has 0 unspecified atom stereocenters. The zero-order chi connectivity index (χ0) is 13.0. The molecule has 0 aliphatic rings. The van der Waals surface area contributed by atoms with Crippen molar-refractivity contribution in [1.82, 2.24) is 15.0 Å². The zero-order valence-electron chi connectivity index (χ0n) is 10.9. The van der Waals surface area contributed by atoms with E-state index in [-0.39, 0.29) is 0 Å². The Hall–Kier alpha value is -2.17. The first kappa shape index (κ1) is 12.3. The molecule has 0 radical (unpaired) electrons. The fraction of sp³-hybridized carbons (Fsp3) is 0.308. The first-order valence-electron chi connectivity index (χ1n) is 5.87. The number of hydrogen-bond donors (Lipinski definition) is 2. The number of hydrogen-bond acceptors (Lipinski definition) is 5. The van der Waals surface area contributed by atoms with E-state index in [1.807, 2.05) is 38.1 Å². The monoisotopic (exact) mass is 243 g/mol. The predicted octanol–water partition coefficient (Wildman–Crippen LogP) is 2.14. The van der Waals surface area contributed by atoms with E-state index in [1.54, 1.807) is 7.05 Å². The van der Waals surface area contributed by atoms with Gasteiger partial charge in [0.05, 0.1) is 12.2 Å². The van der Waals surface area contributed by atoms with Gasteiger partial charge < -0.3 is 10.6 Å². The molecule has 2 aromatic heterocycles. The maximum absolute atomic E-state index is 4.43. The van der Waals surface area contributed by atoms with E-state index in [2.05, 4.69) is 25.6 Å². The van der Waals surface area contributed by atoms with Gasteiger partial charge in [0, 0.05) is 24.5 Å². The van der Waals surface area contributed by atoms with E-state index < -0.39 is 0 Å². The average molecular weight is 243 g/mol. The van der Waals surface area contributed by atoms with Crippen LogP contribution in [-0.4, -0.2) is 22.0 Å². The van der Waals surface area contributed by atoms with Crippen LogP contribution in [0.1, 0.15) is 17.1 Å². The lowest BCUT2D eigenvalue weighted by atomic mass is 10.3. The smallest absolute Gasteiger partial charge is 0.224 e. The SMILES string of the molecule is CNc1nc(C)cc(NCc2cccc(C)n2)n1. The minimum absolute atomic E-state index is 0.620. The number of nitrogens with zero attached hydrogens (tertiary/aromatic N) is 3. The highest BCUT2D eigenvalue weighted by molar-refractivity contribution is 5.42. The third-order valence-corrected chi connectivity index (χ3v) is 2.47. The van der Waals surface area contributed by atoms with Gasteiger partial charge in [-0.2, -0.15) is 4.98 Å². The van der Waals surface area contributed by atoms with E-state index in [9.17, 15) is 0 Å². The fourth-order valence-electron chi connectivity index (χ4n) is 1.65. The summed E-state index contributed by atoms with van der Waals surface area (Å²) in [5.74, 6) is 1.42. The van der Waals surface area contributed by atoms with Crippen molar-refractivity contribution < 1.29 is 0 Å². The van der Waals surface area contributed by atoms with Gasteiger partial charge in [0.2, 0.25) is 5.95 Å². The summed E-state index contributed by atoms with van der Waals surface area (Å²) in [7, 11) is 1.81. The second-order valence-corrected chi connectivity index (χ2v) is 4.09. The molecule has 94 valence electrons. The topological polar surface area (TPSA) is 62.7 Å². The highest BCUT2D eigenvalue weighted by Gasteiger charge is 2.01. The van der Waals surface area contributed by atoms with Crippen LogP contribution in [0.4, 0.5) is 11.8 Å². The van der Waals surface area contributed by atoms with Crippen LogP contribution in [-0.2, 0) is 6.54 Å². The molecule has 2 heterocycles. The van der Waals surface area contributed by atoms with Gasteiger partial charge in [0.1, 0.15) is 5.82 Å². The molecule has 2 aromatic rings. The van der Waals surface area contributed by atoms with Crippen molar-refractivity contribution in [2.24, 2.45) is 0 Å². The minimum Gasteiger partial charge on any atom is -0.364 e. The summed E-state index contributed by atoms with van der Waals surface area (Å²) in [5.41, 5.74) is 2.94.